The van der Waals surface area contributed by atoms with Crippen LogP contribution in [0.1, 0.15) is 6.92 Å². The lowest BCUT2D eigenvalue weighted by molar-refractivity contribution is 0.416. The Hall–Kier alpha value is -1.22. The number of fused-ring (bicyclic) bond motifs is 1. The van der Waals surface area contributed by atoms with Crippen molar-refractivity contribution in [2.75, 3.05) is 7.11 Å². The van der Waals surface area contributed by atoms with Gasteiger partial charge in [-0.2, -0.15) is 0 Å². The van der Waals surface area contributed by atoms with Gasteiger partial charge in [-0.3, -0.25) is 0 Å². The van der Waals surface area contributed by atoms with E-state index in [9.17, 15) is 0 Å². The predicted molar refractivity (Wildman–Crippen MR) is 57.0 cm³/mol. The van der Waals surface area contributed by atoms with Crippen LogP contribution in [0.5, 0.6) is 5.75 Å². The molecule has 3 nitrogen and oxygen atoms in total. The highest BCUT2D eigenvalue weighted by Gasteiger charge is 2.11. The molecule has 0 saturated carbocycles. The summed E-state index contributed by atoms with van der Waals surface area (Å²) in [6.07, 6.45) is 3.76. The van der Waals surface area contributed by atoms with Crippen LogP contribution in [-0.2, 0) is 6.54 Å². The van der Waals surface area contributed by atoms with Crippen LogP contribution in [0.25, 0.3) is 10.9 Å². The molecule has 4 heteroatoms. The van der Waals surface area contributed by atoms with Crippen molar-refractivity contribution in [1.82, 2.24) is 9.55 Å². The van der Waals surface area contributed by atoms with E-state index >= 15 is 0 Å². The van der Waals surface area contributed by atoms with Gasteiger partial charge < -0.3 is 9.30 Å². The smallest absolute Gasteiger partial charge is 0.180 e. The molecule has 0 saturated heterocycles. The number of pyridine rings is 1. The van der Waals surface area contributed by atoms with Crippen LogP contribution in [0.4, 0.5) is 0 Å². The van der Waals surface area contributed by atoms with Gasteiger partial charge >= 0.3 is 0 Å². The highest BCUT2D eigenvalue weighted by atomic mass is 35.5. The van der Waals surface area contributed by atoms with Crippen molar-refractivity contribution >= 4 is 22.5 Å². The zero-order valence-corrected chi connectivity index (χ0v) is 8.88. The summed E-state index contributed by atoms with van der Waals surface area (Å²) >= 11 is 5.94. The lowest BCUT2D eigenvalue weighted by Gasteiger charge is -2.07. The van der Waals surface area contributed by atoms with E-state index in [4.69, 9.17) is 16.3 Å². The molecular weight excluding hydrogens is 200 g/mol. The molecule has 0 spiro atoms. The molecule has 0 aromatic carbocycles. The molecule has 2 aromatic rings. The third kappa shape index (κ3) is 1.24. The molecule has 14 heavy (non-hydrogen) atoms. The molecule has 0 amide bonds. The van der Waals surface area contributed by atoms with Gasteiger partial charge in [0.2, 0.25) is 0 Å². The maximum Gasteiger partial charge on any atom is 0.180 e. The summed E-state index contributed by atoms with van der Waals surface area (Å²) in [5, 5.41) is 1.46. The number of hydrogen-bond acceptors (Lipinski definition) is 2. The number of rotatable bonds is 2. The van der Waals surface area contributed by atoms with Crippen molar-refractivity contribution in [2.45, 2.75) is 13.5 Å². The van der Waals surface area contributed by atoms with Gasteiger partial charge in [0.1, 0.15) is 0 Å². The topological polar surface area (TPSA) is 27.1 Å². The van der Waals surface area contributed by atoms with Gasteiger partial charge in [-0.25, -0.2) is 4.98 Å². The van der Waals surface area contributed by atoms with Gasteiger partial charge in [0.25, 0.3) is 0 Å². The van der Waals surface area contributed by atoms with Crippen LogP contribution in [0.15, 0.2) is 18.5 Å². The van der Waals surface area contributed by atoms with Crippen molar-refractivity contribution in [2.24, 2.45) is 0 Å². The van der Waals surface area contributed by atoms with E-state index in [1.807, 2.05) is 12.3 Å². The summed E-state index contributed by atoms with van der Waals surface area (Å²) in [7, 11) is 1.61. The Balaban J connectivity index is 2.81. The molecule has 2 heterocycles. The summed E-state index contributed by atoms with van der Waals surface area (Å²) in [5.74, 6) is 0.649. The van der Waals surface area contributed by atoms with E-state index in [1.54, 1.807) is 13.3 Å². The second-order valence-corrected chi connectivity index (χ2v) is 3.35. The monoisotopic (exact) mass is 210 g/mol. The highest BCUT2D eigenvalue weighted by molar-refractivity contribution is 6.31. The Bertz CT molecular complexity index is 464. The third-order valence-electron chi connectivity index (χ3n) is 2.26. The Morgan fingerprint density at radius 1 is 1.57 bits per heavy atom. The van der Waals surface area contributed by atoms with Crippen LogP contribution >= 0.6 is 11.6 Å². The molecule has 0 aliphatic rings. The molecule has 0 N–H and O–H groups in total. The van der Waals surface area contributed by atoms with E-state index in [1.165, 1.54) is 0 Å². The summed E-state index contributed by atoms with van der Waals surface area (Å²) in [6, 6.07) is 2.00. The number of hydrogen-bond donors (Lipinski definition) is 0. The summed E-state index contributed by atoms with van der Waals surface area (Å²) < 4.78 is 7.33. The maximum absolute atomic E-state index is 5.94. The lowest BCUT2D eigenvalue weighted by atomic mass is 10.3. The SMILES string of the molecule is CCn1ccc2cnc(Cl)c(OC)c21. The Kier molecular flexibility index (Phi) is 2.33. The van der Waals surface area contributed by atoms with E-state index in [2.05, 4.69) is 16.5 Å². The van der Waals surface area contributed by atoms with Gasteiger partial charge in [-0.1, -0.05) is 11.6 Å². The van der Waals surface area contributed by atoms with E-state index in [0.717, 1.165) is 17.4 Å². The largest absolute Gasteiger partial charge is 0.491 e. The number of halogens is 1. The standard InChI is InChI=1S/C10H11ClN2O/c1-3-13-5-4-7-6-12-10(11)9(14-2)8(7)13/h4-6H,3H2,1-2H3. The Morgan fingerprint density at radius 3 is 3.00 bits per heavy atom. The fourth-order valence-corrected chi connectivity index (χ4v) is 1.80. The summed E-state index contributed by atoms with van der Waals surface area (Å²) in [4.78, 5) is 4.05. The molecule has 0 radical (unpaired) electrons. The van der Waals surface area contributed by atoms with Gasteiger partial charge in [-0.05, 0) is 13.0 Å². The quantitative estimate of drug-likeness (QED) is 0.713. The molecule has 2 rings (SSSR count). The van der Waals surface area contributed by atoms with Crippen molar-refractivity contribution in [3.8, 4) is 5.75 Å². The van der Waals surface area contributed by atoms with Crippen LogP contribution in [0, 0.1) is 0 Å². The minimum Gasteiger partial charge on any atom is -0.491 e. The molecule has 2 aromatic heterocycles. The highest BCUT2D eigenvalue weighted by Crippen LogP contribution is 2.31. The van der Waals surface area contributed by atoms with E-state index in [-0.39, 0.29) is 0 Å². The van der Waals surface area contributed by atoms with Crippen molar-refractivity contribution in [1.29, 1.82) is 0 Å². The number of aromatic nitrogens is 2. The molecule has 74 valence electrons. The third-order valence-corrected chi connectivity index (χ3v) is 2.53. The number of aryl methyl sites for hydroxylation is 1. The average Bonchev–Trinajstić information content (AvgIpc) is 2.61. The molecule has 0 aliphatic heterocycles. The van der Waals surface area contributed by atoms with Crippen LogP contribution in [0.3, 0.4) is 0 Å². The van der Waals surface area contributed by atoms with Crippen LogP contribution < -0.4 is 4.74 Å². The summed E-state index contributed by atoms with van der Waals surface area (Å²) in [5.41, 5.74) is 1.01. The van der Waals surface area contributed by atoms with Crippen molar-refractivity contribution in [3.63, 3.8) is 0 Å². The number of nitrogens with zero attached hydrogens (tertiary/aromatic N) is 2. The van der Waals surface area contributed by atoms with E-state index < -0.39 is 0 Å². The second kappa shape index (κ2) is 3.50. The lowest BCUT2D eigenvalue weighted by Crippen LogP contribution is -1.95. The van der Waals surface area contributed by atoms with Gasteiger partial charge in [0, 0.05) is 24.3 Å². The van der Waals surface area contributed by atoms with Crippen LogP contribution in [-0.4, -0.2) is 16.7 Å². The first kappa shape index (κ1) is 9.34. The molecule has 0 fully saturated rings. The molecular formula is C10H11ClN2O. The normalized spacial score (nSPS) is 10.8. The molecule has 0 atom stereocenters. The van der Waals surface area contributed by atoms with E-state index in [0.29, 0.717) is 10.9 Å². The zero-order valence-electron chi connectivity index (χ0n) is 8.12. The predicted octanol–water partition coefficient (Wildman–Crippen LogP) is 2.72. The summed E-state index contributed by atoms with van der Waals surface area (Å²) in [6.45, 7) is 2.97. The molecule has 0 bridgehead atoms. The van der Waals surface area contributed by atoms with Gasteiger partial charge in [-0.15, -0.1) is 0 Å². The first-order valence-corrected chi connectivity index (χ1v) is 4.83. The minimum absolute atomic E-state index is 0.411. The molecule has 0 unspecified atom stereocenters. The van der Waals surface area contributed by atoms with Gasteiger partial charge in [0.15, 0.2) is 10.9 Å². The average molecular weight is 211 g/mol. The minimum atomic E-state index is 0.411. The number of methoxy groups -OCH3 is 1. The molecule has 0 aliphatic carbocycles. The fourth-order valence-electron chi connectivity index (χ4n) is 1.58. The van der Waals surface area contributed by atoms with Gasteiger partial charge in [0.05, 0.1) is 12.6 Å². The van der Waals surface area contributed by atoms with Crippen molar-refractivity contribution < 1.29 is 4.74 Å². The fraction of sp³-hybridized carbons (Fsp3) is 0.300. The number of ether oxygens (including phenoxy) is 1. The zero-order chi connectivity index (χ0) is 10.1. The van der Waals surface area contributed by atoms with Crippen molar-refractivity contribution in [3.05, 3.63) is 23.6 Å². The Morgan fingerprint density at radius 2 is 2.36 bits per heavy atom. The second-order valence-electron chi connectivity index (χ2n) is 2.99. The first-order chi connectivity index (χ1) is 6.77. The first-order valence-electron chi connectivity index (χ1n) is 4.45. The Labute approximate surface area is 87.3 Å². The maximum atomic E-state index is 5.94. The van der Waals surface area contributed by atoms with Crippen LogP contribution in [0.2, 0.25) is 5.15 Å².